The largest absolute Gasteiger partial charge is 0.464 e. The fourth-order valence-corrected chi connectivity index (χ4v) is 2.39. The van der Waals surface area contributed by atoms with Gasteiger partial charge in [0.05, 0.1) is 7.11 Å². The van der Waals surface area contributed by atoms with E-state index in [1.165, 1.54) is 19.2 Å². The number of nitrogens with one attached hydrogen (secondary N) is 1. The number of carbonyl (C=O) groups excluding carboxylic acids is 1. The van der Waals surface area contributed by atoms with E-state index in [4.69, 9.17) is 4.52 Å². The van der Waals surface area contributed by atoms with Crippen LogP contribution < -0.4 is 4.72 Å². The molecule has 0 bridgehead atoms. The molecule has 0 aliphatic heterocycles. The number of pyridine rings is 1. The predicted octanol–water partition coefficient (Wildman–Crippen LogP) is 1.35. The Balaban J connectivity index is 2.22. The lowest BCUT2D eigenvalue weighted by Crippen LogP contribution is -2.16. The number of sulfonamides is 1. The monoisotopic (exact) mass is 340 g/mol. The molecule has 0 atom stereocenters. The molecule has 124 valence electrons. The number of hydrogen-bond donors (Lipinski definition) is 1. The van der Waals surface area contributed by atoms with Crippen molar-refractivity contribution in [2.24, 2.45) is 0 Å². The Morgan fingerprint density at radius 1 is 1.30 bits per heavy atom. The van der Waals surface area contributed by atoms with Crippen molar-refractivity contribution in [3.63, 3.8) is 0 Å². The van der Waals surface area contributed by atoms with Crippen molar-refractivity contribution in [1.82, 2.24) is 15.1 Å². The van der Waals surface area contributed by atoms with Crippen LogP contribution in [0.5, 0.6) is 0 Å². The molecule has 0 radical (unpaired) electrons. The summed E-state index contributed by atoms with van der Waals surface area (Å²) in [6, 6.07) is 2.48. The van der Waals surface area contributed by atoms with Crippen LogP contribution in [0.4, 0.5) is 5.95 Å². The highest BCUT2D eigenvalue weighted by atomic mass is 32.2. The van der Waals surface area contributed by atoms with Gasteiger partial charge in [0.25, 0.3) is 16.0 Å². The van der Waals surface area contributed by atoms with Crippen LogP contribution in [0.1, 0.15) is 37.2 Å². The molecule has 1 N–H and O–H groups in total. The molecule has 23 heavy (non-hydrogen) atoms. The Kier molecular flexibility index (Phi) is 4.37. The lowest BCUT2D eigenvalue weighted by atomic mass is 9.97. The fourth-order valence-electron chi connectivity index (χ4n) is 1.51. The Hall–Kier alpha value is -2.49. The van der Waals surface area contributed by atoms with Crippen LogP contribution >= 0.6 is 0 Å². The second-order valence-corrected chi connectivity index (χ2v) is 7.33. The van der Waals surface area contributed by atoms with E-state index < -0.39 is 21.4 Å². The molecular weight excluding hydrogens is 324 g/mol. The maximum Gasteiger partial charge on any atom is 0.356 e. The van der Waals surface area contributed by atoms with Crippen molar-refractivity contribution in [2.45, 2.75) is 31.1 Å². The Bertz CT molecular complexity index is 806. The molecule has 0 aromatic carbocycles. The highest BCUT2D eigenvalue weighted by Crippen LogP contribution is 2.22. The Morgan fingerprint density at radius 3 is 2.48 bits per heavy atom. The van der Waals surface area contributed by atoms with E-state index in [-0.39, 0.29) is 16.5 Å². The number of anilines is 1. The van der Waals surface area contributed by atoms with Crippen LogP contribution in [0.3, 0.4) is 0 Å². The normalized spacial score (nSPS) is 12.0. The molecule has 2 rings (SSSR count). The van der Waals surface area contributed by atoms with E-state index in [1.54, 1.807) is 0 Å². The summed E-state index contributed by atoms with van der Waals surface area (Å²) in [4.78, 5) is 18.9. The molecule has 2 aromatic rings. The maximum absolute atomic E-state index is 12.2. The van der Waals surface area contributed by atoms with Gasteiger partial charge in [-0.1, -0.05) is 20.8 Å². The Labute approximate surface area is 133 Å². The van der Waals surface area contributed by atoms with Gasteiger partial charge in [-0.05, 0) is 17.3 Å². The number of rotatable bonds is 4. The molecule has 0 unspecified atom stereocenters. The molecule has 0 aliphatic rings. The zero-order valence-corrected chi connectivity index (χ0v) is 13.8. The molecule has 0 saturated heterocycles. The van der Waals surface area contributed by atoms with Crippen molar-refractivity contribution in [2.75, 3.05) is 11.8 Å². The van der Waals surface area contributed by atoms with Crippen LogP contribution in [0.15, 0.2) is 27.7 Å². The number of aromatic nitrogens is 3. The summed E-state index contributed by atoms with van der Waals surface area (Å²) in [5.74, 6) is -0.531. The van der Waals surface area contributed by atoms with Gasteiger partial charge in [0, 0.05) is 11.6 Å². The number of ether oxygens (including phenoxy) is 1. The minimum absolute atomic E-state index is 0.000954. The first-order valence-electron chi connectivity index (χ1n) is 6.55. The van der Waals surface area contributed by atoms with E-state index in [0.717, 1.165) is 6.20 Å². The first kappa shape index (κ1) is 16.9. The predicted molar refractivity (Wildman–Crippen MR) is 79.4 cm³/mol. The van der Waals surface area contributed by atoms with Crippen LogP contribution in [0.2, 0.25) is 0 Å². The molecule has 0 aliphatic carbocycles. The first-order chi connectivity index (χ1) is 10.6. The van der Waals surface area contributed by atoms with E-state index in [9.17, 15) is 13.2 Å². The number of nitrogens with zero attached hydrogens (tertiary/aromatic N) is 3. The average Bonchev–Trinajstić information content (AvgIpc) is 2.94. The zero-order chi connectivity index (χ0) is 17.3. The van der Waals surface area contributed by atoms with Crippen LogP contribution in [0.25, 0.3) is 0 Å². The number of methoxy groups -OCH3 is 1. The van der Waals surface area contributed by atoms with Gasteiger partial charge in [-0.25, -0.2) is 22.9 Å². The molecule has 0 saturated carbocycles. The Morgan fingerprint density at radius 2 is 2.00 bits per heavy atom. The second kappa shape index (κ2) is 5.95. The fraction of sp³-hybridized carbons (Fsp3) is 0.385. The lowest BCUT2D eigenvalue weighted by molar-refractivity contribution is 0.0594. The van der Waals surface area contributed by atoms with Crippen molar-refractivity contribution in [3.8, 4) is 0 Å². The van der Waals surface area contributed by atoms with Gasteiger partial charge in [-0.15, -0.1) is 0 Å². The van der Waals surface area contributed by atoms with E-state index in [0.29, 0.717) is 5.89 Å². The van der Waals surface area contributed by atoms with E-state index >= 15 is 0 Å². The van der Waals surface area contributed by atoms with Crippen LogP contribution in [-0.4, -0.2) is 36.6 Å². The van der Waals surface area contributed by atoms with Gasteiger partial charge in [0.1, 0.15) is 10.6 Å². The maximum atomic E-state index is 12.2. The van der Waals surface area contributed by atoms with Crippen molar-refractivity contribution in [3.05, 3.63) is 29.9 Å². The van der Waals surface area contributed by atoms with Crippen molar-refractivity contribution in [1.29, 1.82) is 0 Å². The van der Waals surface area contributed by atoms with Gasteiger partial charge >= 0.3 is 5.97 Å². The third-order valence-corrected chi connectivity index (χ3v) is 4.05. The SMILES string of the molecule is COC(=O)c1ccc(S(=O)(=O)Nc2noc(C(C)(C)C)n2)cn1. The van der Waals surface area contributed by atoms with Gasteiger partial charge < -0.3 is 9.26 Å². The third-order valence-electron chi connectivity index (χ3n) is 2.73. The molecule has 10 heteroatoms. The van der Waals surface area contributed by atoms with Gasteiger partial charge in [0.15, 0.2) is 0 Å². The molecule has 0 spiro atoms. The first-order valence-corrected chi connectivity index (χ1v) is 8.03. The summed E-state index contributed by atoms with van der Waals surface area (Å²) in [7, 11) is -2.74. The van der Waals surface area contributed by atoms with Crippen LogP contribution in [-0.2, 0) is 20.2 Å². The molecule has 9 nitrogen and oxygen atoms in total. The van der Waals surface area contributed by atoms with E-state index in [2.05, 4.69) is 24.6 Å². The van der Waals surface area contributed by atoms with Crippen molar-refractivity contribution < 1.29 is 22.5 Å². The summed E-state index contributed by atoms with van der Waals surface area (Å²) in [5.41, 5.74) is -0.401. The summed E-state index contributed by atoms with van der Waals surface area (Å²) in [6.07, 6.45) is 1.04. The molecule has 0 amide bonds. The van der Waals surface area contributed by atoms with Gasteiger partial charge in [0.2, 0.25) is 5.89 Å². The van der Waals surface area contributed by atoms with Crippen LogP contribution in [0, 0.1) is 0 Å². The summed E-state index contributed by atoms with van der Waals surface area (Å²) >= 11 is 0. The van der Waals surface area contributed by atoms with E-state index in [1.807, 2.05) is 20.8 Å². The summed E-state index contributed by atoms with van der Waals surface area (Å²) < 4.78 is 36.1. The summed E-state index contributed by atoms with van der Waals surface area (Å²) in [5, 5.41) is 3.58. The third kappa shape index (κ3) is 3.83. The highest BCUT2D eigenvalue weighted by Gasteiger charge is 2.24. The smallest absolute Gasteiger partial charge is 0.356 e. The molecule has 0 fully saturated rings. The highest BCUT2D eigenvalue weighted by molar-refractivity contribution is 7.92. The van der Waals surface area contributed by atoms with Gasteiger partial charge in [-0.3, -0.25) is 0 Å². The number of carbonyl (C=O) groups is 1. The summed E-state index contributed by atoms with van der Waals surface area (Å²) in [6.45, 7) is 5.57. The quantitative estimate of drug-likeness (QED) is 0.827. The van der Waals surface area contributed by atoms with Gasteiger partial charge in [-0.2, -0.15) is 4.98 Å². The lowest BCUT2D eigenvalue weighted by Gasteiger charge is -2.10. The number of hydrogen-bond acceptors (Lipinski definition) is 8. The standard InChI is InChI=1S/C13H16N4O5S/c1-13(2,3)11-15-12(16-22-11)17-23(19,20)8-5-6-9(14-7-8)10(18)21-4/h5-7H,1-4H3,(H,16,17). The minimum atomic E-state index is -3.94. The second-order valence-electron chi connectivity index (χ2n) is 5.65. The van der Waals surface area contributed by atoms with Crippen molar-refractivity contribution >= 4 is 21.9 Å². The average molecular weight is 340 g/mol. The number of esters is 1. The molecule has 2 aromatic heterocycles. The topological polar surface area (TPSA) is 124 Å². The minimum Gasteiger partial charge on any atom is -0.464 e. The molecular formula is C13H16N4O5S. The zero-order valence-electron chi connectivity index (χ0n) is 13.0. The molecule has 2 heterocycles.